The van der Waals surface area contributed by atoms with Crippen LogP contribution in [0.5, 0.6) is 0 Å². The van der Waals surface area contributed by atoms with Gasteiger partial charge in [0.1, 0.15) is 43.7 Å². The summed E-state index contributed by atoms with van der Waals surface area (Å²) >= 11 is 0. The summed E-state index contributed by atoms with van der Waals surface area (Å²) in [5.41, 5.74) is -4.61. The first-order valence-electron chi connectivity index (χ1n) is 9.92. The summed E-state index contributed by atoms with van der Waals surface area (Å²) in [7, 11) is -9.98. The first kappa shape index (κ1) is 47.8. The van der Waals surface area contributed by atoms with Crippen molar-refractivity contribution in [3.8, 4) is 0 Å². The van der Waals surface area contributed by atoms with Gasteiger partial charge in [-0.15, -0.1) is 0 Å². The predicted molar refractivity (Wildman–Crippen MR) is 116 cm³/mol. The molecule has 3 N–H and O–H groups in total. The minimum absolute atomic E-state index is 0. The maximum atomic E-state index is 10.6. The third kappa shape index (κ3) is 29.8. The Morgan fingerprint density at radius 2 is 0.949 bits per heavy atom. The third-order valence-corrected chi connectivity index (χ3v) is 5.90. The molecule has 0 fully saturated rings. The molecule has 2 unspecified atom stereocenters. The van der Waals surface area contributed by atoms with E-state index in [1.807, 2.05) is 0 Å². The maximum absolute atomic E-state index is 10.6. The smallest absolute Gasteiger partial charge is 0.746 e. The molecular formula is C16H26N2Na2O17S2. The van der Waals surface area contributed by atoms with Gasteiger partial charge in [0.15, 0.2) is 0 Å². The molecule has 0 heterocycles. The molecule has 2 atom stereocenters. The van der Waals surface area contributed by atoms with Crippen molar-refractivity contribution in [2.75, 3.05) is 0 Å². The van der Waals surface area contributed by atoms with E-state index in [0.29, 0.717) is 12.6 Å². The fraction of sp³-hybridized carbons (Fsp3) is 0.750. The fourth-order valence-electron chi connectivity index (χ4n) is 2.19. The largest absolute Gasteiger partial charge is 1.00 e. The van der Waals surface area contributed by atoms with Gasteiger partial charge >= 0.3 is 65.1 Å². The number of nitrogens with zero attached hydrogens (tertiary/aromatic N) is 2. The van der Waals surface area contributed by atoms with Crippen molar-refractivity contribution < 1.29 is 129 Å². The number of aliphatic hydroxyl groups is 2. The van der Waals surface area contributed by atoms with Crippen molar-refractivity contribution in [1.82, 2.24) is 0 Å². The fourth-order valence-corrected chi connectivity index (χ4v) is 3.04. The van der Waals surface area contributed by atoms with Crippen LogP contribution in [0.1, 0.15) is 51.4 Å². The molecule has 0 aromatic carbocycles. The average Bonchev–Trinajstić information content (AvgIpc) is 2.77. The zero-order valence-electron chi connectivity index (χ0n) is 21.0. The van der Waals surface area contributed by atoms with Crippen molar-refractivity contribution in [3.63, 3.8) is 0 Å². The molecule has 23 heteroatoms. The van der Waals surface area contributed by atoms with Gasteiger partial charge in [-0.05, 0) is 12.8 Å². The van der Waals surface area contributed by atoms with E-state index in [9.17, 15) is 55.8 Å². The van der Waals surface area contributed by atoms with Crippen LogP contribution in [0.15, 0.2) is 0 Å². The summed E-state index contributed by atoms with van der Waals surface area (Å²) in [4.78, 5) is 57.3. The number of carbonyl (C=O) groups excluding carboxylic acids is 3. The molecule has 216 valence electrons. The molecule has 0 aliphatic heterocycles. The molecule has 0 aliphatic rings. The Bertz CT molecular complexity index is 908. The second kappa shape index (κ2) is 26.0. The summed E-state index contributed by atoms with van der Waals surface area (Å²) in [6.07, 6.45) is -0.517. The van der Waals surface area contributed by atoms with Gasteiger partial charge in [0.05, 0.1) is 0 Å². The van der Waals surface area contributed by atoms with E-state index in [4.69, 9.17) is 24.9 Å². The molecule has 0 saturated carbocycles. The molecule has 0 aliphatic carbocycles. The van der Waals surface area contributed by atoms with Gasteiger partial charge in [0.2, 0.25) is 18.4 Å². The number of hydrogen-bond donors (Lipinski definition) is 3. The Morgan fingerprint density at radius 1 is 0.692 bits per heavy atom. The Kier molecular flexibility index (Phi) is 31.8. The molecule has 0 bridgehead atoms. The molecule has 0 saturated heterocycles. The monoisotopic (exact) mass is 628 g/mol. The third-order valence-electron chi connectivity index (χ3n) is 4.09. The van der Waals surface area contributed by atoms with Crippen molar-refractivity contribution in [3.05, 3.63) is 20.2 Å². The van der Waals surface area contributed by atoms with Gasteiger partial charge < -0.3 is 34.0 Å². The van der Waals surface area contributed by atoms with E-state index >= 15 is 0 Å². The van der Waals surface area contributed by atoms with Crippen molar-refractivity contribution in [2.45, 2.75) is 74.3 Å². The quantitative estimate of drug-likeness (QED) is 0.0336. The zero-order chi connectivity index (χ0) is 29.8. The summed E-state index contributed by atoms with van der Waals surface area (Å²) < 4.78 is 62.3. The number of rotatable bonds is 17. The number of nitro groups is 2. The first-order valence-corrected chi connectivity index (χ1v) is 12.9. The maximum Gasteiger partial charge on any atom is 1.00 e. The van der Waals surface area contributed by atoms with Crippen LogP contribution in [-0.2, 0) is 39.4 Å². The Labute approximate surface area is 267 Å². The molecule has 19 nitrogen and oxygen atoms in total. The average molecular weight is 628 g/mol. The van der Waals surface area contributed by atoms with Crippen LogP contribution in [0.25, 0.3) is 0 Å². The van der Waals surface area contributed by atoms with Crippen LogP contribution in [0.4, 0.5) is 0 Å². The molecular weight excluding hydrogens is 602 g/mol. The summed E-state index contributed by atoms with van der Waals surface area (Å²) in [5.74, 6) is -1.43. The van der Waals surface area contributed by atoms with Crippen molar-refractivity contribution >= 4 is 45.1 Å². The van der Waals surface area contributed by atoms with Crippen LogP contribution >= 0.6 is 0 Å². The van der Waals surface area contributed by atoms with E-state index in [0.717, 1.165) is 0 Å². The van der Waals surface area contributed by atoms with Gasteiger partial charge in [0.25, 0.3) is 0 Å². The molecule has 0 amide bonds. The van der Waals surface area contributed by atoms with Crippen LogP contribution in [0.3, 0.4) is 0 Å². The number of aliphatic carboxylic acids is 1. The van der Waals surface area contributed by atoms with Gasteiger partial charge in [0, 0.05) is 48.4 Å². The van der Waals surface area contributed by atoms with E-state index in [1.54, 1.807) is 0 Å². The van der Waals surface area contributed by atoms with Crippen LogP contribution in [0, 0.1) is 20.2 Å². The van der Waals surface area contributed by atoms with E-state index in [-0.39, 0.29) is 91.1 Å². The second-order valence-electron chi connectivity index (χ2n) is 6.87. The van der Waals surface area contributed by atoms with Crippen molar-refractivity contribution in [2.24, 2.45) is 0 Å². The molecule has 0 aromatic rings. The van der Waals surface area contributed by atoms with Crippen LogP contribution < -0.4 is 59.1 Å². The minimum Gasteiger partial charge on any atom is -0.746 e. The number of carboxylic acid groups (broad SMARTS) is 1. The van der Waals surface area contributed by atoms with Crippen LogP contribution in [-0.4, -0.2) is 98.9 Å². The molecule has 0 spiro atoms. The number of aldehydes is 3. The molecule has 39 heavy (non-hydrogen) atoms. The second-order valence-corrected chi connectivity index (χ2v) is 9.93. The summed E-state index contributed by atoms with van der Waals surface area (Å²) in [6.45, 7) is 0. The molecule has 0 rings (SSSR count). The van der Waals surface area contributed by atoms with Crippen LogP contribution in [0.2, 0.25) is 0 Å². The Morgan fingerprint density at radius 3 is 1.13 bits per heavy atom. The predicted octanol–water partition coefficient (Wildman–Crippen LogP) is -8.21. The van der Waals surface area contributed by atoms with Crippen molar-refractivity contribution in [1.29, 1.82) is 0 Å². The SMILES string of the molecule is O=CC(=O)O.O=CCCC(CCC=O)[N+](=O)[O-].O=[N+]([O-])C(CCC(O)S(=O)(=O)[O-])CCC(O)S(=O)(=O)[O-].[Na+].[Na+]. The first-order chi connectivity index (χ1) is 16.8. The number of carbonyl (C=O) groups is 4. The number of hydrogen-bond acceptors (Lipinski definition) is 16. The van der Waals surface area contributed by atoms with E-state index < -0.39 is 84.7 Å². The van der Waals surface area contributed by atoms with E-state index in [2.05, 4.69) is 0 Å². The summed E-state index contributed by atoms with van der Waals surface area (Å²) in [5, 5.41) is 46.1. The molecule has 0 aromatic heterocycles. The van der Waals surface area contributed by atoms with Gasteiger partial charge in [-0.25, -0.2) is 21.6 Å². The topological polar surface area (TPSA) is 330 Å². The summed E-state index contributed by atoms with van der Waals surface area (Å²) in [6, 6.07) is -2.25. The van der Waals surface area contributed by atoms with Gasteiger partial charge in [-0.2, -0.15) is 0 Å². The normalized spacial score (nSPS) is 12.7. The zero-order valence-corrected chi connectivity index (χ0v) is 26.6. The Balaban J connectivity index is -0.000000173. The standard InChI is InChI=1S/C7H15NO10S2.C7H11NO4.C2H2O3.2Na/c9-6(19(13,14)15)3-1-5(8(11)12)2-4-7(10)20(16,17)18;9-5-1-3-7(8(11)12)4-2-6-10;3-1-2(4)5;;/h5-7,9-10H,1-4H2,(H,13,14,15)(H,16,17,18);5-7H,1-4H2;1H,(H,4,5);;/q;;;2*+1/p-2. The van der Waals surface area contributed by atoms with E-state index in [1.165, 1.54) is 0 Å². The minimum atomic E-state index is -4.99. The number of carboxylic acids is 1. The van der Waals surface area contributed by atoms with Gasteiger partial charge in [-0.3, -0.25) is 25.0 Å². The van der Waals surface area contributed by atoms with Gasteiger partial charge in [-0.1, -0.05) is 0 Å². The number of aliphatic hydroxyl groups excluding tert-OH is 2. The molecule has 0 radical (unpaired) electrons. The Hall–Kier alpha value is -0.980.